The van der Waals surface area contributed by atoms with Gasteiger partial charge in [0.25, 0.3) is 5.56 Å². The molecule has 0 amide bonds. The van der Waals surface area contributed by atoms with Crippen LogP contribution in [0.25, 0.3) is 15.3 Å². The summed E-state index contributed by atoms with van der Waals surface area (Å²) in [7, 11) is 0. The van der Waals surface area contributed by atoms with Crippen LogP contribution in [0, 0.1) is 0 Å². The second-order valence-corrected chi connectivity index (χ2v) is 7.54. The Morgan fingerprint density at radius 1 is 1.17 bits per heavy atom. The number of aromatic amines is 1. The van der Waals surface area contributed by atoms with Crippen LogP contribution in [-0.2, 0) is 12.7 Å². The van der Waals surface area contributed by atoms with Gasteiger partial charge < -0.3 is 0 Å². The Labute approximate surface area is 171 Å². The van der Waals surface area contributed by atoms with Crippen LogP contribution < -0.4 is 5.56 Å². The van der Waals surface area contributed by atoms with E-state index in [1.807, 2.05) is 0 Å². The van der Waals surface area contributed by atoms with Gasteiger partial charge in [-0.2, -0.15) is 17.9 Å². The van der Waals surface area contributed by atoms with Gasteiger partial charge >= 0.3 is 6.18 Å². The SMILES string of the molecule is O=c1c(C=NCc2ccc(Cl)cc2)c(C(F)(F)F)[nH]n1-c1nc2ccccc2s1. The third-order valence-electron chi connectivity index (χ3n) is 4.09. The molecule has 2 aromatic carbocycles. The molecule has 0 aliphatic carbocycles. The van der Waals surface area contributed by atoms with E-state index in [4.69, 9.17) is 11.6 Å². The summed E-state index contributed by atoms with van der Waals surface area (Å²) in [5.74, 6) is 0. The lowest BCUT2D eigenvalue weighted by Crippen LogP contribution is -2.17. The van der Waals surface area contributed by atoms with Gasteiger partial charge in [-0.05, 0) is 29.8 Å². The predicted octanol–water partition coefficient (Wildman–Crippen LogP) is 5.07. The molecule has 29 heavy (non-hydrogen) atoms. The fraction of sp³-hybridized carbons (Fsp3) is 0.105. The highest BCUT2D eigenvalue weighted by atomic mass is 35.5. The van der Waals surface area contributed by atoms with Gasteiger partial charge in [0.2, 0.25) is 5.13 Å². The molecule has 0 spiro atoms. The quantitative estimate of drug-likeness (QED) is 0.454. The standard InChI is InChI=1S/C19H12ClF3N4OS/c20-12-7-5-11(6-8-12)9-24-10-13-16(19(21,22)23)26-27(17(13)28)18-25-14-3-1-2-4-15(14)29-18/h1-8,10,26H,9H2. The summed E-state index contributed by atoms with van der Waals surface area (Å²) in [6.07, 6.45) is -3.80. The number of nitrogens with one attached hydrogen (secondary N) is 1. The van der Waals surface area contributed by atoms with Crippen molar-refractivity contribution in [1.29, 1.82) is 0 Å². The molecule has 0 unspecified atom stereocenters. The minimum atomic E-state index is -4.75. The third kappa shape index (κ3) is 3.96. The number of H-pyrrole nitrogens is 1. The third-order valence-corrected chi connectivity index (χ3v) is 5.36. The van der Waals surface area contributed by atoms with Crippen LogP contribution in [0.1, 0.15) is 16.8 Å². The molecule has 0 aliphatic heterocycles. The summed E-state index contributed by atoms with van der Waals surface area (Å²) < 4.78 is 42.0. The molecule has 0 aliphatic rings. The molecular formula is C19H12ClF3N4OS. The molecule has 0 radical (unpaired) electrons. The summed E-state index contributed by atoms with van der Waals surface area (Å²) in [4.78, 5) is 20.9. The van der Waals surface area contributed by atoms with Crippen LogP contribution in [-0.4, -0.2) is 21.0 Å². The Hall–Kier alpha value is -2.91. The average molecular weight is 437 g/mol. The molecule has 10 heteroatoms. The topological polar surface area (TPSA) is 63.0 Å². The van der Waals surface area contributed by atoms with Crippen LogP contribution in [0.3, 0.4) is 0 Å². The Bertz CT molecular complexity index is 1220. The summed E-state index contributed by atoms with van der Waals surface area (Å²) in [5.41, 5.74) is -1.25. The van der Waals surface area contributed by atoms with Gasteiger partial charge in [-0.25, -0.2) is 4.98 Å². The molecule has 148 valence electrons. The number of halogens is 4. The van der Waals surface area contributed by atoms with Gasteiger partial charge in [0.15, 0.2) is 5.69 Å². The number of para-hydroxylation sites is 1. The molecule has 2 aromatic heterocycles. The monoisotopic (exact) mass is 436 g/mol. The van der Waals surface area contributed by atoms with Crippen molar-refractivity contribution in [2.24, 2.45) is 4.99 Å². The first-order valence-electron chi connectivity index (χ1n) is 8.35. The van der Waals surface area contributed by atoms with Crippen molar-refractivity contribution >= 4 is 39.4 Å². The number of rotatable bonds is 4. The highest BCUT2D eigenvalue weighted by molar-refractivity contribution is 7.20. The molecule has 5 nitrogen and oxygen atoms in total. The van der Waals surface area contributed by atoms with Gasteiger partial charge in [0, 0.05) is 11.2 Å². The molecular weight excluding hydrogens is 425 g/mol. The number of nitrogens with zero attached hydrogens (tertiary/aromatic N) is 3. The van der Waals surface area contributed by atoms with Gasteiger partial charge in [-0.15, -0.1) is 0 Å². The number of aromatic nitrogens is 3. The van der Waals surface area contributed by atoms with E-state index in [0.717, 1.165) is 32.5 Å². The lowest BCUT2D eigenvalue weighted by Gasteiger charge is -2.03. The van der Waals surface area contributed by atoms with Crippen molar-refractivity contribution in [3.63, 3.8) is 0 Å². The maximum atomic E-state index is 13.5. The van der Waals surface area contributed by atoms with Crippen molar-refractivity contribution in [1.82, 2.24) is 14.8 Å². The maximum absolute atomic E-state index is 13.5. The molecule has 4 aromatic rings. The van der Waals surface area contributed by atoms with E-state index in [-0.39, 0.29) is 11.7 Å². The first kappa shape index (κ1) is 19.4. The van der Waals surface area contributed by atoms with Gasteiger partial charge in [-0.1, -0.05) is 47.2 Å². The van der Waals surface area contributed by atoms with E-state index < -0.39 is 23.0 Å². The molecule has 1 N–H and O–H groups in total. The fourth-order valence-corrected chi connectivity index (χ4v) is 3.76. The minimum Gasteiger partial charge on any atom is -0.288 e. The van der Waals surface area contributed by atoms with Gasteiger partial charge in [0.05, 0.1) is 22.3 Å². The number of fused-ring (bicyclic) bond motifs is 1. The largest absolute Gasteiger partial charge is 0.433 e. The summed E-state index contributed by atoms with van der Waals surface area (Å²) in [5, 5.41) is 2.81. The van der Waals surface area contributed by atoms with Crippen LogP contribution in [0.5, 0.6) is 0 Å². The van der Waals surface area contributed by atoms with Gasteiger partial charge in [-0.3, -0.25) is 14.9 Å². The maximum Gasteiger partial charge on any atom is 0.433 e. The zero-order chi connectivity index (χ0) is 20.6. The lowest BCUT2D eigenvalue weighted by atomic mass is 10.2. The van der Waals surface area contributed by atoms with Gasteiger partial charge in [0.1, 0.15) is 0 Å². The molecule has 0 saturated heterocycles. The Morgan fingerprint density at radius 2 is 1.90 bits per heavy atom. The van der Waals surface area contributed by atoms with E-state index >= 15 is 0 Å². The normalized spacial score (nSPS) is 12.3. The average Bonchev–Trinajstić information content (AvgIpc) is 3.24. The molecule has 0 bridgehead atoms. The molecule has 0 fully saturated rings. The lowest BCUT2D eigenvalue weighted by molar-refractivity contribution is -0.141. The zero-order valence-corrected chi connectivity index (χ0v) is 16.1. The number of aliphatic imine (C=N–C) groups is 1. The van der Waals surface area contributed by atoms with Crippen molar-refractivity contribution in [3.8, 4) is 5.13 Å². The summed E-state index contributed by atoms with van der Waals surface area (Å²) in [6, 6.07) is 13.8. The highest BCUT2D eigenvalue weighted by Crippen LogP contribution is 2.30. The Balaban J connectivity index is 1.73. The Kier molecular flexibility index (Phi) is 5.01. The number of thiazole rings is 1. The van der Waals surface area contributed by atoms with Crippen LogP contribution in [0.15, 0.2) is 58.3 Å². The summed E-state index contributed by atoms with van der Waals surface area (Å²) >= 11 is 6.92. The fourth-order valence-electron chi connectivity index (χ4n) is 2.71. The Morgan fingerprint density at radius 3 is 2.59 bits per heavy atom. The van der Waals surface area contributed by atoms with Crippen molar-refractivity contribution < 1.29 is 13.2 Å². The van der Waals surface area contributed by atoms with E-state index in [1.165, 1.54) is 0 Å². The van der Waals surface area contributed by atoms with E-state index in [1.54, 1.807) is 48.5 Å². The van der Waals surface area contributed by atoms with Crippen LogP contribution >= 0.6 is 22.9 Å². The van der Waals surface area contributed by atoms with E-state index in [9.17, 15) is 18.0 Å². The zero-order valence-electron chi connectivity index (χ0n) is 14.6. The predicted molar refractivity (Wildman–Crippen MR) is 107 cm³/mol. The van der Waals surface area contributed by atoms with Crippen LogP contribution in [0.2, 0.25) is 5.02 Å². The smallest absolute Gasteiger partial charge is 0.288 e. The summed E-state index contributed by atoms with van der Waals surface area (Å²) in [6.45, 7) is 0.111. The first-order chi connectivity index (χ1) is 13.8. The van der Waals surface area contributed by atoms with E-state index in [2.05, 4.69) is 15.1 Å². The second-order valence-electron chi connectivity index (χ2n) is 6.10. The molecule has 4 rings (SSSR count). The molecule has 2 heterocycles. The highest BCUT2D eigenvalue weighted by Gasteiger charge is 2.38. The number of hydrogen-bond donors (Lipinski definition) is 1. The van der Waals surface area contributed by atoms with Crippen LogP contribution in [0.4, 0.5) is 13.2 Å². The first-order valence-corrected chi connectivity index (χ1v) is 9.55. The second kappa shape index (κ2) is 7.49. The van der Waals surface area contributed by atoms with Crippen molar-refractivity contribution in [3.05, 3.63) is 80.7 Å². The van der Waals surface area contributed by atoms with Crippen molar-refractivity contribution in [2.45, 2.75) is 12.7 Å². The number of alkyl halides is 3. The van der Waals surface area contributed by atoms with Crippen molar-refractivity contribution in [2.75, 3.05) is 0 Å². The number of hydrogen-bond acceptors (Lipinski definition) is 4. The van der Waals surface area contributed by atoms with E-state index in [0.29, 0.717) is 10.5 Å². The number of benzene rings is 2. The molecule has 0 atom stereocenters. The molecule has 0 saturated carbocycles. The minimum absolute atomic E-state index is 0.111.